The molecule has 1 N–H and O–H groups in total. The summed E-state index contributed by atoms with van der Waals surface area (Å²) >= 11 is 6.08. The van der Waals surface area contributed by atoms with Gasteiger partial charge in [0.15, 0.2) is 0 Å². The van der Waals surface area contributed by atoms with Crippen molar-refractivity contribution in [2.45, 2.75) is 6.18 Å². The van der Waals surface area contributed by atoms with Crippen LogP contribution in [0, 0.1) is 0 Å². The number of alkyl halides is 3. The Labute approximate surface area is 122 Å². The number of benzene rings is 1. The van der Waals surface area contributed by atoms with Crippen LogP contribution in [-0.4, -0.2) is 30.7 Å². The van der Waals surface area contributed by atoms with E-state index >= 15 is 0 Å². The molecule has 2 aromatic rings. The van der Waals surface area contributed by atoms with Gasteiger partial charge >= 0.3 is 6.18 Å². The third kappa shape index (κ3) is 3.36. The summed E-state index contributed by atoms with van der Waals surface area (Å²) in [4.78, 5) is 15.8. The van der Waals surface area contributed by atoms with Crippen molar-refractivity contribution in [3.63, 3.8) is 0 Å². The molecule has 0 fully saturated rings. The lowest BCUT2D eigenvalue weighted by atomic mass is 10.1. The number of nitrogens with zero attached hydrogens (tertiary/aromatic N) is 1. The van der Waals surface area contributed by atoms with E-state index in [1.807, 2.05) is 0 Å². The number of carbonyl (C=O) groups is 1. The second-order valence-corrected chi connectivity index (χ2v) is 4.52. The van der Waals surface area contributed by atoms with Crippen LogP contribution in [-0.2, 0) is 0 Å². The number of hydrogen-bond acceptors (Lipinski definition) is 3. The van der Waals surface area contributed by atoms with Crippen LogP contribution in [0.15, 0.2) is 24.4 Å². The van der Waals surface area contributed by atoms with E-state index in [1.54, 1.807) is 23.5 Å². The lowest BCUT2D eigenvalue weighted by Gasteiger charge is -2.11. The first-order valence-corrected chi connectivity index (χ1v) is 6.17. The highest BCUT2D eigenvalue weighted by Gasteiger charge is 2.28. The molecule has 0 aliphatic rings. The predicted molar refractivity (Wildman–Crippen MR) is 71.7 cm³/mol. The minimum absolute atomic E-state index is 0.0265. The first kappa shape index (κ1) is 15.4. The summed E-state index contributed by atoms with van der Waals surface area (Å²) in [5.74, 6) is -0.480. The molecular formula is C13H10ClF3N2O2. The lowest BCUT2D eigenvalue weighted by Crippen LogP contribution is -2.33. The number of halogens is 4. The normalized spacial score (nSPS) is 11.5. The molecule has 0 atom stereocenters. The molecule has 0 saturated carbocycles. The smallest absolute Gasteiger partial charge is 0.405 e. The van der Waals surface area contributed by atoms with Gasteiger partial charge in [0.05, 0.1) is 17.7 Å². The first-order valence-electron chi connectivity index (χ1n) is 5.79. The molecule has 0 bridgehead atoms. The maximum absolute atomic E-state index is 12.1. The van der Waals surface area contributed by atoms with E-state index in [9.17, 15) is 18.0 Å². The Kier molecular flexibility index (Phi) is 4.22. The minimum Gasteiger partial charge on any atom is -0.494 e. The van der Waals surface area contributed by atoms with Gasteiger partial charge in [0.2, 0.25) is 0 Å². The largest absolute Gasteiger partial charge is 0.494 e. The number of carbonyl (C=O) groups excluding carboxylic acids is 1. The molecule has 0 spiro atoms. The van der Waals surface area contributed by atoms with E-state index in [1.165, 1.54) is 7.11 Å². The van der Waals surface area contributed by atoms with E-state index in [0.717, 1.165) is 6.20 Å². The van der Waals surface area contributed by atoms with Gasteiger partial charge in [0.1, 0.15) is 17.8 Å². The third-order valence-electron chi connectivity index (χ3n) is 2.71. The third-order valence-corrected chi connectivity index (χ3v) is 3.12. The van der Waals surface area contributed by atoms with Gasteiger partial charge in [-0.2, -0.15) is 13.2 Å². The summed E-state index contributed by atoms with van der Waals surface area (Å²) in [6.07, 6.45) is -3.37. The number of amides is 1. The SMILES string of the molecule is COc1cccc2c(Cl)c(C(=O)NCC(F)(F)F)cnc12. The van der Waals surface area contributed by atoms with Crippen molar-refractivity contribution in [2.75, 3.05) is 13.7 Å². The molecule has 8 heteroatoms. The van der Waals surface area contributed by atoms with Crippen LogP contribution in [0.2, 0.25) is 5.02 Å². The molecule has 4 nitrogen and oxygen atoms in total. The van der Waals surface area contributed by atoms with Crippen molar-refractivity contribution in [3.05, 3.63) is 35.0 Å². The van der Waals surface area contributed by atoms with Gasteiger partial charge in [0.25, 0.3) is 5.91 Å². The van der Waals surface area contributed by atoms with Crippen LogP contribution in [0.4, 0.5) is 13.2 Å². The number of pyridine rings is 1. The summed E-state index contributed by atoms with van der Waals surface area (Å²) in [5.41, 5.74) is 0.305. The van der Waals surface area contributed by atoms with Gasteiger partial charge < -0.3 is 10.1 Å². The molecule has 1 amide bonds. The molecule has 2 rings (SSSR count). The fourth-order valence-electron chi connectivity index (χ4n) is 1.76. The zero-order chi connectivity index (χ0) is 15.6. The highest BCUT2D eigenvalue weighted by atomic mass is 35.5. The number of nitrogens with one attached hydrogen (secondary N) is 1. The molecule has 0 aliphatic carbocycles. The Bertz CT molecular complexity index is 689. The van der Waals surface area contributed by atoms with Crippen molar-refractivity contribution >= 4 is 28.4 Å². The molecule has 1 heterocycles. The van der Waals surface area contributed by atoms with Crippen LogP contribution < -0.4 is 10.1 Å². The molecular weight excluding hydrogens is 309 g/mol. The van der Waals surface area contributed by atoms with Crippen LogP contribution in [0.25, 0.3) is 10.9 Å². The number of methoxy groups -OCH3 is 1. The van der Waals surface area contributed by atoms with E-state index < -0.39 is 18.6 Å². The van der Waals surface area contributed by atoms with Gasteiger partial charge in [-0.15, -0.1) is 0 Å². The van der Waals surface area contributed by atoms with E-state index in [2.05, 4.69) is 4.98 Å². The maximum Gasteiger partial charge on any atom is 0.405 e. The number of hydrogen-bond donors (Lipinski definition) is 1. The molecule has 0 radical (unpaired) electrons. The Hall–Kier alpha value is -2.02. The summed E-state index contributed by atoms with van der Waals surface area (Å²) in [6, 6.07) is 4.91. The fraction of sp³-hybridized carbons (Fsp3) is 0.231. The molecule has 112 valence electrons. The quantitative estimate of drug-likeness (QED) is 0.945. The highest BCUT2D eigenvalue weighted by molar-refractivity contribution is 6.38. The van der Waals surface area contributed by atoms with Crippen LogP contribution in [0.1, 0.15) is 10.4 Å². The molecule has 1 aromatic carbocycles. The minimum atomic E-state index is -4.49. The molecule has 0 saturated heterocycles. The molecule has 0 aliphatic heterocycles. The van der Waals surface area contributed by atoms with Crippen molar-refractivity contribution in [2.24, 2.45) is 0 Å². The van der Waals surface area contributed by atoms with Gasteiger partial charge in [-0.25, -0.2) is 0 Å². The van der Waals surface area contributed by atoms with E-state index in [4.69, 9.17) is 16.3 Å². The standard InChI is InChI=1S/C13H10ClF3N2O2/c1-21-9-4-2-3-7-10(14)8(5-18-11(7)9)12(20)19-6-13(15,16)17/h2-5H,6H2,1H3,(H,19,20). The van der Waals surface area contributed by atoms with Gasteiger partial charge in [-0.1, -0.05) is 23.7 Å². The average Bonchev–Trinajstić information content (AvgIpc) is 2.44. The Morgan fingerprint density at radius 1 is 1.43 bits per heavy atom. The zero-order valence-electron chi connectivity index (χ0n) is 10.8. The summed E-state index contributed by atoms with van der Waals surface area (Å²) < 4.78 is 41.4. The van der Waals surface area contributed by atoms with E-state index in [0.29, 0.717) is 16.7 Å². The van der Waals surface area contributed by atoms with E-state index in [-0.39, 0.29) is 10.6 Å². The van der Waals surface area contributed by atoms with Gasteiger partial charge in [-0.3, -0.25) is 9.78 Å². The predicted octanol–water partition coefficient (Wildman–Crippen LogP) is 3.19. The monoisotopic (exact) mass is 318 g/mol. The Morgan fingerprint density at radius 3 is 2.76 bits per heavy atom. The maximum atomic E-state index is 12.1. The average molecular weight is 319 g/mol. The van der Waals surface area contributed by atoms with Crippen LogP contribution >= 0.6 is 11.6 Å². The van der Waals surface area contributed by atoms with Crippen molar-refractivity contribution in [3.8, 4) is 5.75 Å². The number of ether oxygens (including phenoxy) is 1. The zero-order valence-corrected chi connectivity index (χ0v) is 11.5. The Morgan fingerprint density at radius 2 is 2.14 bits per heavy atom. The molecule has 1 aromatic heterocycles. The molecule has 0 unspecified atom stereocenters. The highest BCUT2D eigenvalue weighted by Crippen LogP contribution is 2.31. The van der Waals surface area contributed by atoms with Crippen LogP contribution in [0.3, 0.4) is 0 Å². The summed E-state index contributed by atoms with van der Waals surface area (Å²) in [7, 11) is 1.45. The number of fused-ring (bicyclic) bond motifs is 1. The Balaban J connectivity index is 2.38. The van der Waals surface area contributed by atoms with Gasteiger partial charge in [0, 0.05) is 11.6 Å². The second kappa shape index (κ2) is 5.77. The van der Waals surface area contributed by atoms with Crippen molar-refractivity contribution in [1.82, 2.24) is 10.3 Å². The van der Waals surface area contributed by atoms with Crippen molar-refractivity contribution in [1.29, 1.82) is 0 Å². The topological polar surface area (TPSA) is 51.2 Å². The number of para-hydroxylation sites is 1. The first-order chi connectivity index (χ1) is 9.83. The molecule has 21 heavy (non-hydrogen) atoms. The summed E-state index contributed by atoms with van der Waals surface area (Å²) in [6.45, 7) is -1.43. The van der Waals surface area contributed by atoms with Gasteiger partial charge in [-0.05, 0) is 6.07 Å². The fourth-order valence-corrected chi connectivity index (χ4v) is 2.05. The second-order valence-electron chi connectivity index (χ2n) is 4.14. The summed E-state index contributed by atoms with van der Waals surface area (Å²) in [5, 5.41) is 2.21. The number of aromatic nitrogens is 1. The lowest BCUT2D eigenvalue weighted by molar-refractivity contribution is -0.123. The number of rotatable bonds is 3. The van der Waals surface area contributed by atoms with Crippen molar-refractivity contribution < 1.29 is 22.7 Å². The van der Waals surface area contributed by atoms with Crippen LogP contribution in [0.5, 0.6) is 5.75 Å².